The van der Waals surface area contributed by atoms with Crippen LogP contribution in [-0.2, 0) is 13.6 Å². The molecule has 1 aromatic carbocycles. The number of aromatic nitrogens is 5. The average Bonchev–Trinajstić information content (AvgIpc) is 3.15. The first kappa shape index (κ1) is 14.1. The van der Waals surface area contributed by atoms with Crippen molar-refractivity contribution in [1.29, 1.82) is 0 Å². The number of hydrogen-bond donors (Lipinski definition) is 2. The minimum Gasteiger partial charge on any atom is -0.508 e. The number of aryl methyl sites for hydroxylation is 1. The topological polar surface area (TPSA) is 106 Å². The molecule has 9 heteroatoms. The number of phenolic OH excluding ortho intramolecular Hbond substituents is 1. The maximum Gasteiger partial charge on any atom is 0.273 e. The molecule has 0 aliphatic carbocycles. The average molecular weight is 316 g/mol. The first-order chi connectivity index (χ1) is 10.6. The minimum atomic E-state index is -0.311. The van der Waals surface area contributed by atoms with Gasteiger partial charge in [0, 0.05) is 12.6 Å². The van der Waals surface area contributed by atoms with E-state index >= 15 is 0 Å². The van der Waals surface area contributed by atoms with Gasteiger partial charge in [-0.25, -0.2) is 0 Å². The monoisotopic (exact) mass is 316 g/mol. The van der Waals surface area contributed by atoms with Gasteiger partial charge in [0.1, 0.15) is 15.8 Å². The number of carbonyl (C=O) groups excluding carboxylic acids is 1. The summed E-state index contributed by atoms with van der Waals surface area (Å²) in [6.07, 6.45) is 1.54. The number of benzene rings is 1. The maximum atomic E-state index is 11.8. The molecule has 2 heterocycles. The maximum absolute atomic E-state index is 11.8. The second-order valence-corrected chi connectivity index (χ2v) is 5.57. The third kappa shape index (κ3) is 3.09. The second-order valence-electron chi connectivity index (χ2n) is 4.51. The van der Waals surface area contributed by atoms with Crippen molar-refractivity contribution in [2.45, 2.75) is 6.54 Å². The van der Waals surface area contributed by atoms with E-state index < -0.39 is 0 Å². The SMILES string of the molecule is Cn1cc(C(=O)NCc2nnc(-c3ccc(O)cc3)s2)nn1. The van der Waals surface area contributed by atoms with Gasteiger partial charge in [0.15, 0.2) is 5.69 Å². The van der Waals surface area contributed by atoms with Crippen molar-refractivity contribution in [3.63, 3.8) is 0 Å². The molecule has 22 heavy (non-hydrogen) atoms. The molecule has 0 aliphatic heterocycles. The Morgan fingerprint density at radius 2 is 2.05 bits per heavy atom. The molecule has 112 valence electrons. The fraction of sp³-hybridized carbons (Fsp3) is 0.154. The summed E-state index contributed by atoms with van der Waals surface area (Å²) in [5, 5.41) is 28.9. The summed E-state index contributed by atoms with van der Waals surface area (Å²) in [5.41, 5.74) is 1.12. The number of rotatable bonds is 4. The highest BCUT2D eigenvalue weighted by Gasteiger charge is 2.11. The molecule has 0 fully saturated rings. The first-order valence-corrected chi connectivity index (χ1v) is 7.20. The van der Waals surface area contributed by atoms with Gasteiger partial charge in [-0.1, -0.05) is 16.6 Å². The molecule has 8 nitrogen and oxygen atoms in total. The molecule has 0 bridgehead atoms. The molecule has 0 unspecified atom stereocenters. The Labute approximate surface area is 129 Å². The summed E-state index contributed by atoms with van der Waals surface area (Å²) in [7, 11) is 1.69. The van der Waals surface area contributed by atoms with Crippen molar-refractivity contribution in [3.05, 3.63) is 41.2 Å². The lowest BCUT2D eigenvalue weighted by Gasteiger charge is -1.98. The lowest BCUT2D eigenvalue weighted by Crippen LogP contribution is -2.23. The van der Waals surface area contributed by atoms with Crippen molar-refractivity contribution in [2.75, 3.05) is 0 Å². The summed E-state index contributed by atoms with van der Waals surface area (Å²) >= 11 is 1.37. The van der Waals surface area contributed by atoms with Gasteiger partial charge in [0.2, 0.25) is 0 Å². The number of hydrogen-bond acceptors (Lipinski definition) is 7. The van der Waals surface area contributed by atoms with Gasteiger partial charge in [0.25, 0.3) is 5.91 Å². The van der Waals surface area contributed by atoms with Crippen LogP contribution in [0, 0.1) is 0 Å². The molecule has 3 rings (SSSR count). The Hall–Kier alpha value is -2.81. The molecule has 2 aromatic heterocycles. The van der Waals surface area contributed by atoms with E-state index in [9.17, 15) is 9.90 Å². The zero-order valence-electron chi connectivity index (χ0n) is 11.6. The number of carbonyl (C=O) groups is 1. The van der Waals surface area contributed by atoms with Crippen LogP contribution in [0.1, 0.15) is 15.5 Å². The highest BCUT2D eigenvalue weighted by Crippen LogP contribution is 2.24. The van der Waals surface area contributed by atoms with E-state index in [4.69, 9.17) is 0 Å². The Morgan fingerprint density at radius 1 is 1.27 bits per heavy atom. The van der Waals surface area contributed by atoms with E-state index in [1.165, 1.54) is 22.2 Å². The van der Waals surface area contributed by atoms with Crippen LogP contribution in [-0.4, -0.2) is 36.2 Å². The van der Waals surface area contributed by atoms with E-state index in [1.807, 2.05) is 0 Å². The van der Waals surface area contributed by atoms with Crippen LogP contribution in [0.3, 0.4) is 0 Å². The highest BCUT2D eigenvalue weighted by atomic mass is 32.1. The van der Waals surface area contributed by atoms with E-state index in [-0.39, 0.29) is 23.9 Å². The van der Waals surface area contributed by atoms with Gasteiger partial charge < -0.3 is 10.4 Å². The van der Waals surface area contributed by atoms with Crippen LogP contribution in [0.4, 0.5) is 0 Å². The van der Waals surface area contributed by atoms with Gasteiger partial charge in [-0.3, -0.25) is 9.48 Å². The predicted molar refractivity (Wildman–Crippen MR) is 79.2 cm³/mol. The summed E-state index contributed by atoms with van der Waals surface area (Å²) in [6, 6.07) is 6.70. The zero-order valence-corrected chi connectivity index (χ0v) is 12.4. The largest absolute Gasteiger partial charge is 0.508 e. The fourth-order valence-electron chi connectivity index (χ4n) is 1.74. The zero-order chi connectivity index (χ0) is 15.5. The van der Waals surface area contributed by atoms with Gasteiger partial charge in [-0.2, -0.15) is 0 Å². The number of nitrogens with one attached hydrogen (secondary N) is 1. The number of nitrogens with zero attached hydrogens (tertiary/aromatic N) is 5. The molecule has 0 saturated carbocycles. The molecule has 2 N–H and O–H groups in total. The Morgan fingerprint density at radius 3 is 2.73 bits per heavy atom. The Bertz CT molecular complexity index is 795. The molecule has 0 spiro atoms. The van der Waals surface area contributed by atoms with Crippen LogP contribution in [0.15, 0.2) is 30.5 Å². The smallest absolute Gasteiger partial charge is 0.273 e. The van der Waals surface area contributed by atoms with E-state index in [0.29, 0.717) is 5.01 Å². The van der Waals surface area contributed by atoms with Gasteiger partial charge in [-0.05, 0) is 24.3 Å². The number of phenols is 1. The minimum absolute atomic E-state index is 0.199. The third-order valence-electron chi connectivity index (χ3n) is 2.82. The Balaban J connectivity index is 1.64. The van der Waals surface area contributed by atoms with Crippen molar-refractivity contribution >= 4 is 17.2 Å². The van der Waals surface area contributed by atoms with Crippen LogP contribution in [0.25, 0.3) is 10.6 Å². The summed E-state index contributed by atoms with van der Waals surface area (Å²) in [4.78, 5) is 11.8. The van der Waals surface area contributed by atoms with Gasteiger partial charge in [-0.15, -0.1) is 15.3 Å². The van der Waals surface area contributed by atoms with Crippen molar-refractivity contribution in [2.24, 2.45) is 7.05 Å². The van der Waals surface area contributed by atoms with Gasteiger partial charge in [0.05, 0.1) is 12.7 Å². The predicted octanol–water partition coefficient (Wildman–Crippen LogP) is 0.969. The van der Waals surface area contributed by atoms with Crippen LogP contribution < -0.4 is 5.32 Å². The van der Waals surface area contributed by atoms with Crippen LogP contribution in [0.2, 0.25) is 0 Å². The fourth-order valence-corrected chi connectivity index (χ4v) is 2.53. The highest BCUT2D eigenvalue weighted by molar-refractivity contribution is 7.14. The summed E-state index contributed by atoms with van der Waals surface area (Å²) in [6.45, 7) is 0.269. The molecular weight excluding hydrogens is 304 g/mol. The van der Waals surface area contributed by atoms with E-state index in [2.05, 4.69) is 25.8 Å². The normalized spacial score (nSPS) is 10.6. The van der Waals surface area contributed by atoms with Crippen molar-refractivity contribution < 1.29 is 9.90 Å². The summed E-state index contributed by atoms with van der Waals surface area (Å²) < 4.78 is 1.46. The molecule has 0 saturated heterocycles. The van der Waals surface area contributed by atoms with Gasteiger partial charge >= 0.3 is 0 Å². The van der Waals surface area contributed by atoms with E-state index in [0.717, 1.165) is 10.6 Å². The molecular formula is C13H12N6O2S. The van der Waals surface area contributed by atoms with E-state index in [1.54, 1.807) is 31.3 Å². The molecule has 0 atom stereocenters. The molecule has 1 amide bonds. The molecule has 0 aliphatic rings. The molecule has 0 radical (unpaired) electrons. The van der Waals surface area contributed by atoms with Crippen LogP contribution >= 0.6 is 11.3 Å². The first-order valence-electron chi connectivity index (χ1n) is 6.38. The number of aromatic hydroxyl groups is 1. The lowest BCUT2D eigenvalue weighted by molar-refractivity contribution is 0.0945. The molecule has 3 aromatic rings. The van der Waals surface area contributed by atoms with Crippen LogP contribution in [0.5, 0.6) is 5.75 Å². The number of amides is 1. The summed E-state index contributed by atoms with van der Waals surface area (Å²) in [5.74, 6) is -0.112. The third-order valence-corrected chi connectivity index (χ3v) is 3.79. The van der Waals surface area contributed by atoms with Crippen molar-refractivity contribution in [3.8, 4) is 16.3 Å². The van der Waals surface area contributed by atoms with Crippen molar-refractivity contribution in [1.82, 2.24) is 30.5 Å². The lowest BCUT2D eigenvalue weighted by atomic mass is 10.2. The standard InChI is InChI=1S/C13H12N6O2S/c1-19-7-10(15-18-19)12(21)14-6-11-16-17-13(22-11)8-2-4-9(20)5-3-8/h2-5,7,20H,6H2,1H3,(H,14,21). The second kappa shape index (κ2) is 5.90. The quantitative estimate of drug-likeness (QED) is 0.743. The Kier molecular flexibility index (Phi) is 3.79.